The summed E-state index contributed by atoms with van der Waals surface area (Å²) in [6.07, 6.45) is 3.49. The average molecular weight is 100 g/mol. The minimum absolute atomic E-state index is 0.538. The first-order valence-electron chi connectivity index (χ1n) is 2.22. The SMILES string of the molecule is ON1C=CCNC1. The van der Waals surface area contributed by atoms with Gasteiger partial charge in [0.2, 0.25) is 0 Å². The molecule has 0 saturated carbocycles. The molecule has 0 aromatic rings. The Morgan fingerprint density at radius 1 is 1.71 bits per heavy atom. The number of hydrogen-bond donors (Lipinski definition) is 2. The van der Waals surface area contributed by atoms with Crippen molar-refractivity contribution in [2.75, 3.05) is 13.2 Å². The lowest BCUT2D eigenvalue weighted by Crippen LogP contribution is -2.31. The lowest BCUT2D eigenvalue weighted by molar-refractivity contribution is -0.0508. The second kappa shape index (κ2) is 1.95. The Kier molecular flexibility index (Phi) is 1.29. The third-order valence-electron chi connectivity index (χ3n) is 0.813. The zero-order chi connectivity index (χ0) is 5.11. The maximum atomic E-state index is 8.59. The maximum Gasteiger partial charge on any atom is 0.0944 e. The van der Waals surface area contributed by atoms with E-state index < -0.39 is 0 Å². The Bertz CT molecular complexity index is 81.8. The highest BCUT2D eigenvalue weighted by molar-refractivity contribution is 4.84. The molecule has 1 aliphatic rings. The molecule has 0 aromatic heterocycles. The predicted octanol–water partition coefficient (Wildman–Crippen LogP) is -0.248. The maximum absolute atomic E-state index is 8.59. The Morgan fingerprint density at radius 2 is 2.57 bits per heavy atom. The van der Waals surface area contributed by atoms with Gasteiger partial charge in [-0.25, -0.2) is 0 Å². The molecule has 1 aliphatic heterocycles. The fourth-order valence-electron chi connectivity index (χ4n) is 0.490. The normalized spacial score (nSPS) is 20.4. The van der Waals surface area contributed by atoms with Gasteiger partial charge in [0.25, 0.3) is 0 Å². The Balaban J connectivity index is 2.36. The summed E-state index contributed by atoms with van der Waals surface area (Å²) in [6.45, 7) is 1.40. The highest BCUT2D eigenvalue weighted by Gasteiger charge is 1.93. The van der Waals surface area contributed by atoms with E-state index in [0.717, 1.165) is 11.6 Å². The molecule has 0 amide bonds. The topological polar surface area (TPSA) is 35.5 Å². The van der Waals surface area contributed by atoms with Crippen LogP contribution in [0, 0.1) is 0 Å². The van der Waals surface area contributed by atoms with E-state index in [0.29, 0.717) is 6.67 Å². The molecule has 3 nitrogen and oxygen atoms in total. The Labute approximate surface area is 42.2 Å². The first-order chi connectivity index (χ1) is 3.39. The minimum Gasteiger partial charge on any atom is -0.294 e. The van der Waals surface area contributed by atoms with E-state index in [4.69, 9.17) is 5.21 Å². The smallest absolute Gasteiger partial charge is 0.0944 e. The van der Waals surface area contributed by atoms with E-state index in [1.165, 1.54) is 0 Å². The fraction of sp³-hybridized carbons (Fsp3) is 0.500. The molecule has 0 atom stereocenters. The molecule has 1 rings (SSSR count). The van der Waals surface area contributed by atoms with Crippen molar-refractivity contribution in [3.8, 4) is 0 Å². The van der Waals surface area contributed by atoms with Crippen molar-refractivity contribution < 1.29 is 5.21 Å². The number of nitrogens with one attached hydrogen (secondary N) is 1. The zero-order valence-corrected chi connectivity index (χ0v) is 3.96. The molecule has 0 aromatic carbocycles. The van der Waals surface area contributed by atoms with Crippen molar-refractivity contribution in [1.29, 1.82) is 0 Å². The predicted molar refractivity (Wildman–Crippen MR) is 25.6 cm³/mol. The van der Waals surface area contributed by atoms with Crippen molar-refractivity contribution in [2.24, 2.45) is 0 Å². The van der Waals surface area contributed by atoms with Crippen LogP contribution < -0.4 is 5.32 Å². The van der Waals surface area contributed by atoms with Gasteiger partial charge in [-0.1, -0.05) is 6.08 Å². The van der Waals surface area contributed by atoms with Crippen molar-refractivity contribution in [1.82, 2.24) is 10.4 Å². The molecule has 0 spiro atoms. The lowest BCUT2D eigenvalue weighted by atomic mass is 10.5. The van der Waals surface area contributed by atoms with Crippen LogP contribution in [0.2, 0.25) is 0 Å². The van der Waals surface area contributed by atoms with Crippen LogP contribution in [0.25, 0.3) is 0 Å². The van der Waals surface area contributed by atoms with Crippen molar-refractivity contribution >= 4 is 0 Å². The second-order valence-corrected chi connectivity index (χ2v) is 1.44. The monoisotopic (exact) mass is 100 g/mol. The van der Waals surface area contributed by atoms with Crippen LogP contribution in [0.1, 0.15) is 0 Å². The van der Waals surface area contributed by atoms with E-state index >= 15 is 0 Å². The zero-order valence-electron chi connectivity index (χ0n) is 3.96. The van der Waals surface area contributed by atoms with E-state index in [1.54, 1.807) is 6.20 Å². The largest absolute Gasteiger partial charge is 0.294 e. The summed E-state index contributed by atoms with van der Waals surface area (Å²) in [4.78, 5) is 0. The van der Waals surface area contributed by atoms with Crippen LogP contribution in [0.15, 0.2) is 12.3 Å². The molecule has 3 heteroatoms. The van der Waals surface area contributed by atoms with Gasteiger partial charge in [-0.05, 0) is 0 Å². The molecule has 0 fully saturated rings. The van der Waals surface area contributed by atoms with Crippen LogP contribution >= 0.6 is 0 Å². The summed E-state index contributed by atoms with van der Waals surface area (Å²) in [5.41, 5.74) is 0. The summed E-state index contributed by atoms with van der Waals surface area (Å²) in [5, 5.41) is 12.6. The van der Waals surface area contributed by atoms with Crippen molar-refractivity contribution in [3.63, 3.8) is 0 Å². The molecule has 40 valence electrons. The number of nitrogens with zero attached hydrogens (tertiary/aromatic N) is 1. The molecule has 1 heterocycles. The Hall–Kier alpha value is -0.540. The third-order valence-corrected chi connectivity index (χ3v) is 0.813. The minimum atomic E-state index is 0.538. The highest BCUT2D eigenvalue weighted by atomic mass is 16.5. The summed E-state index contributed by atoms with van der Waals surface area (Å²) in [7, 11) is 0. The summed E-state index contributed by atoms with van der Waals surface area (Å²) in [5.74, 6) is 0. The quantitative estimate of drug-likeness (QED) is 0.440. The van der Waals surface area contributed by atoms with Gasteiger partial charge in [-0.3, -0.25) is 15.6 Å². The molecular weight excluding hydrogens is 92.1 g/mol. The van der Waals surface area contributed by atoms with Gasteiger partial charge in [0.1, 0.15) is 0 Å². The summed E-state index contributed by atoms with van der Waals surface area (Å²) >= 11 is 0. The first-order valence-corrected chi connectivity index (χ1v) is 2.22. The van der Waals surface area contributed by atoms with Gasteiger partial charge in [0.05, 0.1) is 6.67 Å². The van der Waals surface area contributed by atoms with Gasteiger partial charge in [0, 0.05) is 12.7 Å². The van der Waals surface area contributed by atoms with Crippen molar-refractivity contribution in [2.45, 2.75) is 0 Å². The first kappa shape index (κ1) is 4.61. The number of hydroxylamine groups is 2. The third kappa shape index (κ3) is 1.17. The molecule has 2 N–H and O–H groups in total. The number of rotatable bonds is 0. The van der Waals surface area contributed by atoms with E-state index in [1.807, 2.05) is 6.08 Å². The van der Waals surface area contributed by atoms with Crippen LogP contribution in [0.5, 0.6) is 0 Å². The lowest BCUT2D eigenvalue weighted by Gasteiger charge is -2.15. The van der Waals surface area contributed by atoms with Gasteiger partial charge in [-0.2, -0.15) is 0 Å². The number of hydrogen-bond acceptors (Lipinski definition) is 3. The van der Waals surface area contributed by atoms with Crippen molar-refractivity contribution in [3.05, 3.63) is 12.3 Å². The molecule has 0 saturated heterocycles. The Morgan fingerprint density at radius 3 is 2.86 bits per heavy atom. The second-order valence-electron chi connectivity index (χ2n) is 1.44. The van der Waals surface area contributed by atoms with E-state index in [2.05, 4.69) is 5.32 Å². The van der Waals surface area contributed by atoms with E-state index in [9.17, 15) is 0 Å². The van der Waals surface area contributed by atoms with E-state index in [-0.39, 0.29) is 0 Å². The molecular formula is C4H8N2O. The van der Waals surface area contributed by atoms with Gasteiger partial charge >= 0.3 is 0 Å². The van der Waals surface area contributed by atoms with Crippen LogP contribution in [-0.4, -0.2) is 23.5 Å². The van der Waals surface area contributed by atoms with Gasteiger partial charge in [0.15, 0.2) is 0 Å². The molecule has 0 radical (unpaired) electrons. The molecule has 0 unspecified atom stereocenters. The van der Waals surface area contributed by atoms with Crippen LogP contribution in [-0.2, 0) is 0 Å². The highest BCUT2D eigenvalue weighted by Crippen LogP contribution is 1.84. The molecule has 0 bridgehead atoms. The average Bonchev–Trinajstić information content (AvgIpc) is 1.69. The van der Waals surface area contributed by atoms with Gasteiger partial charge < -0.3 is 0 Å². The molecule has 7 heavy (non-hydrogen) atoms. The van der Waals surface area contributed by atoms with Crippen LogP contribution in [0.4, 0.5) is 0 Å². The van der Waals surface area contributed by atoms with Crippen LogP contribution in [0.3, 0.4) is 0 Å². The fourth-order valence-corrected chi connectivity index (χ4v) is 0.490. The molecule has 0 aliphatic carbocycles. The standard InChI is InChI=1S/C4H8N2O/c7-6-3-1-2-5-4-6/h1,3,5,7H,2,4H2. The summed E-state index contributed by atoms with van der Waals surface area (Å²) in [6, 6.07) is 0. The van der Waals surface area contributed by atoms with Gasteiger partial charge in [-0.15, -0.1) is 0 Å². The summed E-state index contributed by atoms with van der Waals surface area (Å²) < 4.78 is 0.